The van der Waals surface area contributed by atoms with Crippen LogP contribution in [-0.2, 0) is 9.53 Å². The summed E-state index contributed by atoms with van der Waals surface area (Å²) < 4.78 is 5.10. The highest BCUT2D eigenvalue weighted by molar-refractivity contribution is 5.75. The molecule has 0 spiro atoms. The first kappa shape index (κ1) is 13.0. The van der Waals surface area contributed by atoms with Crippen molar-refractivity contribution in [3.8, 4) is 6.07 Å². The summed E-state index contributed by atoms with van der Waals surface area (Å²) in [6.07, 6.45) is 2.90. The molecule has 0 unspecified atom stereocenters. The topological polar surface area (TPSA) is 50.1 Å². The zero-order valence-corrected chi connectivity index (χ0v) is 9.30. The highest BCUT2D eigenvalue weighted by atomic mass is 16.5. The number of hydrogen-bond acceptors (Lipinski definition) is 3. The first-order valence-corrected chi connectivity index (χ1v) is 5.08. The first-order valence-electron chi connectivity index (χ1n) is 5.08. The third kappa shape index (κ3) is 4.86. The summed E-state index contributed by atoms with van der Waals surface area (Å²) in [5.74, 6) is -0.142. The van der Waals surface area contributed by atoms with E-state index in [1.165, 1.54) is 0 Å². The minimum atomic E-state index is -0.380. The van der Waals surface area contributed by atoms with Crippen LogP contribution < -0.4 is 0 Å². The van der Waals surface area contributed by atoms with Gasteiger partial charge >= 0.3 is 5.97 Å². The van der Waals surface area contributed by atoms with E-state index in [0.29, 0.717) is 13.0 Å². The lowest BCUT2D eigenvalue weighted by atomic mass is 9.91. The molecule has 0 saturated carbocycles. The lowest BCUT2D eigenvalue weighted by Crippen LogP contribution is -2.26. The fraction of sp³-hybridized carbons (Fsp3) is 0.818. The number of carbonyl (C=O) groups is 1. The zero-order chi connectivity index (χ0) is 11.0. The van der Waals surface area contributed by atoms with Gasteiger partial charge in [0.15, 0.2) is 0 Å². The molecule has 0 N–H and O–H groups in total. The summed E-state index contributed by atoms with van der Waals surface area (Å²) >= 11 is 0. The molecule has 0 aliphatic rings. The summed E-state index contributed by atoms with van der Waals surface area (Å²) in [6.45, 7) is 6.16. The molecule has 0 heterocycles. The van der Waals surface area contributed by atoms with Crippen LogP contribution in [0.3, 0.4) is 0 Å². The Bertz CT molecular complexity index is 216. The summed E-state index contributed by atoms with van der Waals surface area (Å²) in [6, 6.07) is 2.06. The maximum atomic E-state index is 11.4. The summed E-state index contributed by atoms with van der Waals surface area (Å²) in [4.78, 5) is 11.4. The molecular formula is C11H19NO2. The van der Waals surface area contributed by atoms with E-state index >= 15 is 0 Å². The molecule has 0 atom stereocenters. The largest absolute Gasteiger partial charge is 0.465 e. The van der Waals surface area contributed by atoms with E-state index < -0.39 is 0 Å². The second kappa shape index (κ2) is 6.42. The fourth-order valence-corrected chi connectivity index (χ4v) is 0.811. The number of esters is 1. The van der Waals surface area contributed by atoms with Crippen LogP contribution in [0.1, 0.15) is 46.5 Å². The maximum Gasteiger partial charge on any atom is 0.311 e. The molecule has 0 aliphatic heterocycles. The second-order valence-corrected chi connectivity index (χ2v) is 3.99. The third-order valence-electron chi connectivity index (χ3n) is 2.35. The smallest absolute Gasteiger partial charge is 0.311 e. The Morgan fingerprint density at radius 2 is 2.07 bits per heavy atom. The number of nitrogens with zero attached hydrogens (tertiary/aromatic N) is 1. The third-order valence-corrected chi connectivity index (χ3v) is 2.35. The molecule has 0 aromatic rings. The number of rotatable bonds is 6. The lowest BCUT2D eigenvalue weighted by molar-refractivity contribution is -0.154. The Morgan fingerprint density at radius 1 is 1.43 bits per heavy atom. The molecule has 3 heteroatoms. The minimum absolute atomic E-state index is 0.142. The van der Waals surface area contributed by atoms with Crippen LogP contribution in [0.2, 0.25) is 0 Å². The van der Waals surface area contributed by atoms with Crippen molar-refractivity contribution in [1.29, 1.82) is 5.26 Å². The Hall–Kier alpha value is -1.04. The Morgan fingerprint density at radius 3 is 2.57 bits per heavy atom. The summed E-state index contributed by atoms with van der Waals surface area (Å²) in [5, 5.41) is 8.28. The molecule has 0 amide bonds. The van der Waals surface area contributed by atoms with E-state index in [1.807, 2.05) is 20.8 Å². The standard InChI is InChI=1S/C11H19NO2/c1-4-11(2,3)10(13)14-9-7-5-6-8-12/h4-7,9H2,1-3H3. The number of ether oxygens (including phenoxy) is 1. The van der Waals surface area contributed by atoms with Gasteiger partial charge in [0.1, 0.15) is 0 Å². The highest BCUT2D eigenvalue weighted by Crippen LogP contribution is 2.21. The van der Waals surface area contributed by atoms with Crippen LogP contribution in [-0.4, -0.2) is 12.6 Å². The van der Waals surface area contributed by atoms with Gasteiger partial charge in [0, 0.05) is 6.42 Å². The van der Waals surface area contributed by atoms with Gasteiger partial charge in [-0.1, -0.05) is 6.92 Å². The number of nitriles is 1. The number of unbranched alkanes of at least 4 members (excludes halogenated alkanes) is 2. The Labute approximate surface area is 86.1 Å². The minimum Gasteiger partial charge on any atom is -0.465 e. The fourth-order valence-electron chi connectivity index (χ4n) is 0.811. The van der Waals surface area contributed by atoms with Gasteiger partial charge in [-0.25, -0.2) is 0 Å². The Kier molecular flexibility index (Phi) is 5.94. The molecular weight excluding hydrogens is 178 g/mol. The second-order valence-electron chi connectivity index (χ2n) is 3.99. The molecule has 0 aliphatic carbocycles. The van der Waals surface area contributed by atoms with Crippen LogP contribution >= 0.6 is 0 Å². The van der Waals surface area contributed by atoms with E-state index in [9.17, 15) is 4.79 Å². The van der Waals surface area contributed by atoms with Crippen molar-refractivity contribution in [2.45, 2.75) is 46.5 Å². The van der Waals surface area contributed by atoms with Gasteiger partial charge in [-0.05, 0) is 33.1 Å². The molecule has 80 valence electrons. The van der Waals surface area contributed by atoms with Crippen LogP contribution in [0.15, 0.2) is 0 Å². The van der Waals surface area contributed by atoms with Crippen LogP contribution in [0.5, 0.6) is 0 Å². The van der Waals surface area contributed by atoms with Crippen molar-refractivity contribution in [2.75, 3.05) is 6.61 Å². The van der Waals surface area contributed by atoms with E-state index in [4.69, 9.17) is 10.00 Å². The molecule has 0 rings (SSSR count). The van der Waals surface area contributed by atoms with E-state index in [1.54, 1.807) is 0 Å². The van der Waals surface area contributed by atoms with Crippen molar-refractivity contribution in [3.05, 3.63) is 0 Å². The average Bonchev–Trinajstić information content (AvgIpc) is 2.17. The lowest BCUT2D eigenvalue weighted by Gasteiger charge is -2.20. The molecule has 3 nitrogen and oxygen atoms in total. The van der Waals surface area contributed by atoms with E-state index in [0.717, 1.165) is 19.3 Å². The van der Waals surface area contributed by atoms with Gasteiger partial charge in [0.05, 0.1) is 18.1 Å². The van der Waals surface area contributed by atoms with Gasteiger partial charge in [0.2, 0.25) is 0 Å². The van der Waals surface area contributed by atoms with Crippen LogP contribution in [0, 0.1) is 16.7 Å². The van der Waals surface area contributed by atoms with Gasteiger partial charge in [-0.15, -0.1) is 0 Å². The average molecular weight is 197 g/mol. The molecule has 0 aromatic heterocycles. The van der Waals surface area contributed by atoms with Crippen LogP contribution in [0.25, 0.3) is 0 Å². The predicted molar refractivity (Wildman–Crippen MR) is 54.5 cm³/mol. The van der Waals surface area contributed by atoms with Crippen LogP contribution in [0.4, 0.5) is 0 Å². The molecule has 0 fully saturated rings. The van der Waals surface area contributed by atoms with Gasteiger partial charge in [-0.3, -0.25) is 4.79 Å². The van der Waals surface area contributed by atoms with Crippen molar-refractivity contribution in [3.63, 3.8) is 0 Å². The quantitative estimate of drug-likeness (QED) is 0.486. The van der Waals surface area contributed by atoms with Gasteiger partial charge < -0.3 is 4.74 Å². The number of hydrogen-bond donors (Lipinski definition) is 0. The monoisotopic (exact) mass is 197 g/mol. The molecule has 14 heavy (non-hydrogen) atoms. The van der Waals surface area contributed by atoms with Gasteiger partial charge in [-0.2, -0.15) is 5.26 Å². The van der Waals surface area contributed by atoms with Crippen molar-refractivity contribution in [2.24, 2.45) is 5.41 Å². The highest BCUT2D eigenvalue weighted by Gasteiger charge is 2.26. The molecule has 0 saturated heterocycles. The Balaban J connectivity index is 3.60. The molecule has 0 aromatic carbocycles. The predicted octanol–water partition coefficient (Wildman–Crippen LogP) is 2.66. The summed E-state index contributed by atoms with van der Waals surface area (Å²) in [7, 11) is 0. The zero-order valence-electron chi connectivity index (χ0n) is 9.30. The summed E-state index contributed by atoms with van der Waals surface area (Å²) in [5.41, 5.74) is -0.380. The van der Waals surface area contributed by atoms with Crippen molar-refractivity contribution >= 4 is 5.97 Å². The van der Waals surface area contributed by atoms with Crippen molar-refractivity contribution < 1.29 is 9.53 Å². The maximum absolute atomic E-state index is 11.4. The SMILES string of the molecule is CCC(C)(C)C(=O)OCCCCC#N. The number of carbonyl (C=O) groups excluding carboxylic acids is 1. The normalized spacial score (nSPS) is 10.7. The van der Waals surface area contributed by atoms with E-state index in [2.05, 4.69) is 6.07 Å². The van der Waals surface area contributed by atoms with Gasteiger partial charge in [0.25, 0.3) is 0 Å². The first-order chi connectivity index (χ1) is 6.54. The van der Waals surface area contributed by atoms with E-state index in [-0.39, 0.29) is 11.4 Å². The molecule has 0 bridgehead atoms. The van der Waals surface area contributed by atoms with Crippen molar-refractivity contribution in [1.82, 2.24) is 0 Å². The molecule has 0 radical (unpaired) electrons.